The lowest BCUT2D eigenvalue weighted by molar-refractivity contribution is -0.116. The minimum absolute atomic E-state index is 0.0608. The fraction of sp³-hybridized carbons (Fsp3) is 0.0667. The topological polar surface area (TPSA) is 46.9 Å². The van der Waals surface area contributed by atoms with E-state index < -0.39 is 0 Å². The Balaban J connectivity index is 1.74. The average molecular weight is 377 g/mol. The maximum Gasteiger partial charge on any atom is 0.244 e. The van der Waals surface area contributed by atoms with E-state index in [-0.39, 0.29) is 12.5 Å². The Morgan fingerprint density at radius 2 is 1.90 bits per heavy atom. The molecule has 3 aromatic rings. The number of para-hydroxylation sites is 2. The Morgan fingerprint density at radius 1 is 1.15 bits per heavy atom. The molecule has 0 unspecified atom stereocenters. The standard InChI is InChI=1S/C15H12IN3O/c16-11-5-7-12(8-6-11)18-15(20)9-19-10-17-13-3-1-2-4-14(13)19/h1-8,10H,9H2,(H,18,20). The molecule has 0 aliphatic rings. The van der Waals surface area contributed by atoms with Crippen molar-refractivity contribution in [1.82, 2.24) is 9.55 Å². The van der Waals surface area contributed by atoms with Crippen molar-refractivity contribution < 1.29 is 4.79 Å². The van der Waals surface area contributed by atoms with Gasteiger partial charge in [-0.05, 0) is 59.0 Å². The Labute approximate surface area is 130 Å². The number of halogens is 1. The first-order valence-corrected chi connectivity index (χ1v) is 7.25. The van der Waals surface area contributed by atoms with Crippen LogP contribution in [0.3, 0.4) is 0 Å². The van der Waals surface area contributed by atoms with Crippen molar-refractivity contribution in [2.45, 2.75) is 6.54 Å². The maximum atomic E-state index is 12.0. The summed E-state index contributed by atoms with van der Waals surface area (Å²) in [6.07, 6.45) is 1.69. The number of anilines is 1. The Hall–Kier alpha value is -1.89. The molecule has 20 heavy (non-hydrogen) atoms. The van der Waals surface area contributed by atoms with Gasteiger partial charge in [-0.15, -0.1) is 0 Å². The molecule has 0 atom stereocenters. The molecule has 100 valence electrons. The summed E-state index contributed by atoms with van der Waals surface area (Å²) >= 11 is 2.23. The van der Waals surface area contributed by atoms with Gasteiger partial charge in [0.1, 0.15) is 6.54 Å². The van der Waals surface area contributed by atoms with Gasteiger partial charge < -0.3 is 9.88 Å². The van der Waals surface area contributed by atoms with Crippen molar-refractivity contribution in [3.05, 3.63) is 58.4 Å². The lowest BCUT2D eigenvalue weighted by Crippen LogP contribution is -2.18. The van der Waals surface area contributed by atoms with E-state index in [2.05, 4.69) is 32.9 Å². The molecule has 1 aromatic heterocycles. The van der Waals surface area contributed by atoms with Crippen molar-refractivity contribution in [1.29, 1.82) is 0 Å². The van der Waals surface area contributed by atoms with Gasteiger partial charge in [0.05, 0.1) is 17.4 Å². The summed E-state index contributed by atoms with van der Waals surface area (Å²) in [6, 6.07) is 15.5. The highest BCUT2D eigenvalue weighted by molar-refractivity contribution is 14.1. The highest BCUT2D eigenvalue weighted by Gasteiger charge is 2.07. The SMILES string of the molecule is O=C(Cn1cnc2ccccc21)Nc1ccc(I)cc1. The normalized spacial score (nSPS) is 10.7. The fourth-order valence-electron chi connectivity index (χ4n) is 2.02. The number of hydrogen-bond acceptors (Lipinski definition) is 2. The number of fused-ring (bicyclic) bond motifs is 1. The summed E-state index contributed by atoms with van der Waals surface area (Å²) in [5.74, 6) is -0.0608. The van der Waals surface area contributed by atoms with Crippen LogP contribution in [0, 0.1) is 3.57 Å². The zero-order chi connectivity index (χ0) is 13.9. The quantitative estimate of drug-likeness (QED) is 0.713. The molecule has 0 spiro atoms. The zero-order valence-corrected chi connectivity index (χ0v) is 12.7. The summed E-state index contributed by atoms with van der Waals surface area (Å²) in [5.41, 5.74) is 2.67. The van der Waals surface area contributed by atoms with E-state index in [4.69, 9.17) is 0 Å². The van der Waals surface area contributed by atoms with Crippen LogP contribution in [0.4, 0.5) is 5.69 Å². The number of carbonyl (C=O) groups is 1. The molecule has 0 saturated carbocycles. The molecule has 0 radical (unpaired) electrons. The summed E-state index contributed by atoms with van der Waals surface area (Å²) in [6.45, 7) is 0.256. The van der Waals surface area contributed by atoms with Crippen LogP contribution in [0.25, 0.3) is 11.0 Å². The van der Waals surface area contributed by atoms with Crippen LogP contribution in [0.5, 0.6) is 0 Å². The Kier molecular flexibility index (Phi) is 3.68. The van der Waals surface area contributed by atoms with Gasteiger partial charge in [0.25, 0.3) is 0 Å². The molecule has 5 heteroatoms. The van der Waals surface area contributed by atoms with Crippen molar-refractivity contribution in [3.63, 3.8) is 0 Å². The fourth-order valence-corrected chi connectivity index (χ4v) is 2.38. The molecule has 1 heterocycles. The van der Waals surface area contributed by atoms with Crippen LogP contribution in [-0.2, 0) is 11.3 Å². The zero-order valence-electron chi connectivity index (χ0n) is 10.6. The molecule has 0 bridgehead atoms. The highest BCUT2D eigenvalue weighted by atomic mass is 127. The number of aromatic nitrogens is 2. The van der Waals surface area contributed by atoms with E-state index in [1.165, 1.54) is 0 Å². The van der Waals surface area contributed by atoms with Crippen LogP contribution in [-0.4, -0.2) is 15.5 Å². The van der Waals surface area contributed by atoms with E-state index in [1.807, 2.05) is 53.1 Å². The second-order valence-corrected chi connectivity index (χ2v) is 5.66. The lowest BCUT2D eigenvalue weighted by Gasteiger charge is -2.06. The molecule has 0 aliphatic heterocycles. The van der Waals surface area contributed by atoms with Gasteiger partial charge in [-0.1, -0.05) is 12.1 Å². The van der Waals surface area contributed by atoms with Crippen LogP contribution in [0.1, 0.15) is 0 Å². The third-order valence-electron chi connectivity index (χ3n) is 2.97. The van der Waals surface area contributed by atoms with E-state index in [0.29, 0.717) is 0 Å². The van der Waals surface area contributed by atoms with Crippen molar-refractivity contribution in [3.8, 4) is 0 Å². The van der Waals surface area contributed by atoms with Gasteiger partial charge in [0, 0.05) is 9.26 Å². The predicted octanol–water partition coefficient (Wildman–Crippen LogP) is 3.28. The average Bonchev–Trinajstić information content (AvgIpc) is 2.85. The van der Waals surface area contributed by atoms with Crippen LogP contribution < -0.4 is 5.32 Å². The summed E-state index contributed by atoms with van der Waals surface area (Å²) in [7, 11) is 0. The number of rotatable bonds is 3. The number of carbonyl (C=O) groups excluding carboxylic acids is 1. The number of imidazole rings is 1. The van der Waals surface area contributed by atoms with Crippen LogP contribution >= 0.6 is 22.6 Å². The third kappa shape index (κ3) is 2.82. The van der Waals surface area contributed by atoms with Crippen molar-refractivity contribution in [2.75, 3.05) is 5.32 Å². The highest BCUT2D eigenvalue weighted by Crippen LogP contribution is 2.13. The monoisotopic (exact) mass is 377 g/mol. The van der Waals surface area contributed by atoms with Crippen molar-refractivity contribution in [2.24, 2.45) is 0 Å². The second kappa shape index (κ2) is 5.62. The third-order valence-corrected chi connectivity index (χ3v) is 3.69. The molecular weight excluding hydrogens is 365 g/mol. The number of benzene rings is 2. The molecule has 1 amide bonds. The van der Waals surface area contributed by atoms with Crippen LogP contribution in [0.2, 0.25) is 0 Å². The largest absolute Gasteiger partial charge is 0.325 e. The number of amides is 1. The smallest absolute Gasteiger partial charge is 0.244 e. The summed E-state index contributed by atoms with van der Waals surface area (Å²) in [4.78, 5) is 16.3. The molecular formula is C15H12IN3O. The van der Waals surface area contributed by atoms with Crippen LogP contribution in [0.15, 0.2) is 54.9 Å². The minimum Gasteiger partial charge on any atom is -0.325 e. The summed E-state index contributed by atoms with van der Waals surface area (Å²) in [5, 5.41) is 2.88. The maximum absolute atomic E-state index is 12.0. The van der Waals surface area contributed by atoms with Gasteiger partial charge in [0.15, 0.2) is 0 Å². The first-order valence-electron chi connectivity index (χ1n) is 6.18. The van der Waals surface area contributed by atoms with Gasteiger partial charge >= 0.3 is 0 Å². The van der Waals surface area contributed by atoms with Crippen molar-refractivity contribution >= 4 is 45.2 Å². The molecule has 0 saturated heterocycles. The van der Waals surface area contributed by atoms with E-state index in [1.54, 1.807) is 6.33 Å². The number of nitrogens with one attached hydrogen (secondary N) is 1. The summed E-state index contributed by atoms with van der Waals surface area (Å²) < 4.78 is 2.98. The second-order valence-electron chi connectivity index (χ2n) is 4.42. The van der Waals surface area contributed by atoms with Gasteiger partial charge in [0.2, 0.25) is 5.91 Å². The van der Waals surface area contributed by atoms with Gasteiger partial charge in [-0.3, -0.25) is 4.79 Å². The molecule has 1 N–H and O–H groups in total. The Bertz CT molecular complexity index is 749. The molecule has 3 rings (SSSR count). The van der Waals surface area contributed by atoms with E-state index >= 15 is 0 Å². The van der Waals surface area contributed by atoms with E-state index in [0.717, 1.165) is 20.3 Å². The molecule has 0 aliphatic carbocycles. The molecule has 4 nitrogen and oxygen atoms in total. The Morgan fingerprint density at radius 3 is 2.70 bits per heavy atom. The first kappa shape index (κ1) is 13.1. The van der Waals surface area contributed by atoms with Gasteiger partial charge in [-0.25, -0.2) is 4.98 Å². The van der Waals surface area contributed by atoms with Gasteiger partial charge in [-0.2, -0.15) is 0 Å². The first-order chi connectivity index (χ1) is 9.72. The van der Waals surface area contributed by atoms with E-state index in [9.17, 15) is 4.79 Å². The molecule has 2 aromatic carbocycles. The number of nitrogens with zero attached hydrogens (tertiary/aromatic N) is 2. The minimum atomic E-state index is -0.0608. The molecule has 0 fully saturated rings. The predicted molar refractivity (Wildman–Crippen MR) is 87.5 cm³/mol. The number of hydrogen-bond donors (Lipinski definition) is 1. The lowest BCUT2D eigenvalue weighted by atomic mass is 10.3.